The number of carboxylic acids is 1. The fraction of sp³-hybridized carbons (Fsp3) is 0.118. The van der Waals surface area contributed by atoms with Gasteiger partial charge in [0.15, 0.2) is 0 Å². The second-order valence-electron chi connectivity index (χ2n) is 4.81. The Bertz CT molecular complexity index is 739. The molecule has 0 atom stereocenters. The van der Waals surface area contributed by atoms with E-state index < -0.39 is 18.5 Å². The van der Waals surface area contributed by atoms with E-state index in [-0.39, 0.29) is 6.61 Å². The number of carboxylic acid groups (broad SMARTS) is 1. The number of hydroxylamine groups is 2. The monoisotopic (exact) mass is 325 g/mol. The number of benzene rings is 2. The summed E-state index contributed by atoms with van der Waals surface area (Å²) in [5.41, 5.74) is 1.69. The lowest BCUT2D eigenvalue weighted by Crippen LogP contribution is -2.38. The number of hydrogen-bond acceptors (Lipinski definition) is 4. The van der Waals surface area contributed by atoms with Crippen molar-refractivity contribution in [1.82, 2.24) is 5.06 Å². The molecule has 7 heteroatoms. The van der Waals surface area contributed by atoms with Crippen LogP contribution in [-0.4, -0.2) is 28.7 Å². The number of hydrogen-bond donors (Lipinski definition) is 2. The molecule has 0 aromatic heterocycles. The van der Waals surface area contributed by atoms with Crippen molar-refractivity contribution >= 4 is 17.7 Å². The summed E-state index contributed by atoms with van der Waals surface area (Å²) in [6.45, 7) is -0.538. The number of carbonyl (C=O) groups is 2. The molecule has 122 valence electrons. The van der Waals surface area contributed by atoms with Crippen LogP contribution in [0.1, 0.15) is 11.1 Å². The zero-order chi connectivity index (χ0) is 17.4. The summed E-state index contributed by atoms with van der Waals surface area (Å²) in [5.74, 6) is -1.20. The molecular formula is C17H15N3O4. The minimum Gasteiger partial charge on any atom is -0.480 e. The zero-order valence-corrected chi connectivity index (χ0v) is 12.7. The van der Waals surface area contributed by atoms with E-state index in [1.807, 2.05) is 24.3 Å². The van der Waals surface area contributed by atoms with Crippen molar-refractivity contribution in [2.75, 3.05) is 11.9 Å². The highest BCUT2D eigenvalue weighted by Gasteiger charge is 2.18. The Morgan fingerprint density at radius 3 is 2.38 bits per heavy atom. The number of nitriles is 1. The van der Waals surface area contributed by atoms with Crippen molar-refractivity contribution in [3.8, 4) is 6.07 Å². The highest BCUT2D eigenvalue weighted by Crippen LogP contribution is 2.11. The molecule has 2 aromatic carbocycles. The third kappa shape index (κ3) is 5.12. The third-order valence-corrected chi connectivity index (χ3v) is 3.00. The van der Waals surface area contributed by atoms with Crippen LogP contribution in [0.25, 0.3) is 0 Å². The standard InChI is InChI=1S/C17H15N3O4/c18-10-13-6-8-15(9-7-13)19-17(23)20(11-16(21)22)24-12-14-4-2-1-3-5-14/h1-9H,11-12H2,(H,19,23)(H,21,22). The molecule has 0 aliphatic heterocycles. The first-order chi connectivity index (χ1) is 11.6. The summed E-state index contributed by atoms with van der Waals surface area (Å²) in [4.78, 5) is 28.4. The molecular weight excluding hydrogens is 310 g/mol. The Balaban J connectivity index is 2.01. The van der Waals surface area contributed by atoms with Gasteiger partial charge in [-0.15, -0.1) is 0 Å². The zero-order valence-electron chi connectivity index (χ0n) is 12.7. The highest BCUT2D eigenvalue weighted by atomic mass is 16.7. The molecule has 7 nitrogen and oxygen atoms in total. The fourth-order valence-electron chi connectivity index (χ4n) is 1.84. The predicted octanol–water partition coefficient (Wildman–Crippen LogP) is 2.61. The SMILES string of the molecule is N#Cc1ccc(NC(=O)N(CC(=O)O)OCc2ccccc2)cc1. The molecule has 0 aliphatic rings. The van der Waals surface area contributed by atoms with Crippen LogP contribution < -0.4 is 5.32 Å². The number of urea groups is 1. The average molecular weight is 325 g/mol. The first-order valence-corrected chi connectivity index (χ1v) is 7.06. The van der Waals surface area contributed by atoms with Crippen LogP contribution in [0, 0.1) is 11.3 Å². The van der Waals surface area contributed by atoms with Crippen molar-refractivity contribution in [2.24, 2.45) is 0 Å². The Kier molecular flexibility index (Phi) is 5.88. The maximum absolute atomic E-state index is 12.2. The maximum Gasteiger partial charge on any atom is 0.346 e. The van der Waals surface area contributed by atoms with Crippen molar-refractivity contribution in [3.63, 3.8) is 0 Å². The second kappa shape index (κ2) is 8.31. The molecule has 0 heterocycles. The fourth-order valence-corrected chi connectivity index (χ4v) is 1.84. The minimum absolute atomic E-state index is 0.0644. The lowest BCUT2D eigenvalue weighted by molar-refractivity contribution is -0.159. The predicted molar refractivity (Wildman–Crippen MR) is 85.7 cm³/mol. The average Bonchev–Trinajstić information content (AvgIpc) is 2.59. The van der Waals surface area contributed by atoms with Crippen LogP contribution in [-0.2, 0) is 16.2 Å². The van der Waals surface area contributed by atoms with Crippen LogP contribution in [0.3, 0.4) is 0 Å². The lowest BCUT2D eigenvalue weighted by Gasteiger charge is -2.20. The van der Waals surface area contributed by atoms with Crippen molar-refractivity contribution < 1.29 is 19.5 Å². The Morgan fingerprint density at radius 2 is 1.79 bits per heavy atom. The number of carbonyl (C=O) groups excluding carboxylic acids is 1. The van der Waals surface area contributed by atoms with Gasteiger partial charge in [0.05, 0.1) is 11.6 Å². The number of amides is 2. The quantitative estimate of drug-likeness (QED) is 0.795. The summed E-state index contributed by atoms with van der Waals surface area (Å²) >= 11 is 0. The van der Waals surface area contributed by atoms with Crippen molar-refractivity contribution in [1.29, 1.82) is 5.26 Å². The van der Waals surface area contributed by atoms with Crippen LogP contribution in [0.2, 0.25) is 0 Å². The lowest BCUT2D eigenvalue weighted by atomic mass is 10.2. The first kappa shape index (κ1) is 17.0. The third-order valence-electron chi connectivity index (χ3n) is 3.00. The number of rotatable bonds is 6. The second-order valence-corrected chi connectivity index (χ2v) is 4.81. The Hall–Kier alpha value is -3.37. The summed E-state index contributed by atoms with van der Waals surface area (Å²) < 4.78 is 0. The van der Waals surface area contributed by atoms with Crippen molar-refractivity contribution in [3.05, 3.63) is 65.7 Å². The van der Waals surface area contributed by atoms with Gasteiger partial charge < -0.3 is 10.4 Å². The topological polar surface area (TPSA) is 103 Å². The van der Waals surface area contributed by atoms with Crippen LogP contribution in [0.4, 0.5) is 10.5 Å². The highest BCUT2D eigenvalue weighted by molar-refractivity contribution is 5.90. The molecule has 0 bridgehead atoms. The van der Waals surface area contributed by atoms with Gasteiger partial charge in [0.25, 0.3) is 0 Å². The van der Waals surface area contributed by atoms with Gasteiger partial charge in [-0.25, -0.2) is 4.79 Å². The van der Waals surface area contributed by atoms with Gasteiger partial charge in [0.2, 0.25) is 0 Å². The molecule has 2 N–H and O–H groups in total. The Labute approximate surface area is 138 Å². The van der Waals surface area contributed by atoms with Gasteiger partial charge in [-0.3, -0.25) is 9.63 Å². The van der Waals surface area contributed by atoms with E-state index in [1.165, 1.54) is 0 Å². The van der Waals surface area contributed by atoms with Crippen LogP contribution in [0.15, 0.2) is 54.6 Å². The summed E-state index contributed by atoms with van der Waals surface area (Å²) in [7, 11) is 0. The van der Waals surface area contributed by atoms with Gasteiger partial charge in [-0.2, -0.15) is 10.3 Å². The van der Waals surface area contributed by atoms with Gasteiger partial charge in [-0.05, 0) is 29.8 Å². The van der Waals surface area contributed by atoms with E-state index in [4.69, 9.17) is 15.2 Å². The van der Waals surface area contributed by atoms with E-state index in [9.17, 15) is 9.59 Å². The van der Waals surface area contributed by atoms with Crippen molar-refractivity contribution in [2.45, 2.75) is 6.61 Å². The van der Waals surface area contributed by atoms with Gasteiger partial charge in [0, 0.05) is 5.69 Å². The van der Waals surface area contributed by atoms with E-state index in [0.717, 1.165) is 10.6 Å². The molecule has 2 aromatic rings. The normalized spacial score (nSPS) is 9.79. The Morgan fingerprint density at radius 1 is 1.12 bits per heavy atom. The molecule has 0 fully saturated rings. The smallest absolute Gasteiger partial charge is 0.346 e. The number of aliphatic carboxylic acids is 1. The van der Waals surface area contributed by atoms with Crippen LogP contribution in [0.5, 0.6) is 0 Å². The largest absolute Gasteiger partial charge is 0.480 e. The van der Waals surface area contributed by atoms with Gasteiger partial charge >= 0.3 is 12.0 Å². The number of nitrogens with zero attached hydrogens (tertiary/aromatic N) is 2. The van der Waals surface area contributed by atoms with Gasteiger partial charge in [0.1, 0.15) is 13.2 Å². The molecule has 0 saturated heterocycles. The van der Waals surface area contributed by atoms with E-state index in [1.54, 1.807) is 36.4 Å². The van der Waals surface area contributed by atoms with Gasteiger partial charge in [-0.1, -0.05) is 30.3 Å². The first-order valence-electron chi connectivity index (χ1n) is 7.06. The van der Waals surface area contributed by atoms with E-state index in [2.05, 4.69) is 5.32 Å². The van der Waals surface area contributed by atoms with E-state index in [0.29, 0.717) is 11.3 Å². The molecule has 2 amide bonds. The molecule has 0 aliphatic carbocycles. The molecule has 0 spiro atoms. The summed E-state index contributed by atoms with van der Waals surface area (Å²) in [6, 6.07) is 16.5. The number of nitrogens with one attached hydrogen (secondary N) is 1. The van der Waals surface area contributed by atoms with E-state index >= 15 is 0 Å². The maximum atomic E-state index is 12.2. The molecule has 2 rings (SSSR count). The molecule has 0 saturated carbocycles. The molecule has 0 unspecified atom stereocenters. The van der Waals surface area contributed by atoms with Crippen LogP contribution >= 0.6 is 0 Å². The minimum atomic E-state index is -1.20. The molecule has 24 heavy (non-hydrogen) atoms. The number of anilines is 1. The summed E-state index contributed by atoms with van der Waals surface area (Å²) in [6.07, 6.45) is 0. The summed E-state index contributed by atoms with van der Waals surface area (Å²) in [5, 5.41) is 20.9. The molecule has 0 radical (unpaired) electrons.